The van der Waals surface area contributed by atoms with E-state index in [-0.39, 0.29) is 11.5 Å². The van der Waals surface area contributed by atoms with E-state index in [1.807, 2.05) is 6.07 Å². The van der Waals surface area contributed by atoms with Crippen molar-refractivity contribution in [2.75, 3.05) is 34.8 Å². The molecule has 4 nitrogen and oxygen atoms in total. The van der Waals surface area contributed by atoms with Crippen LogP contribution < -0.4 is 10.2 Å². The highest BCUT2D eigenvalue weighted by molar-refractivity contribution is 7.91. The molecule has 0 bridgehead atoms. The summed E-state index contributed by atoms with van der Waals surface area (Å²) in [4.78, 5) is 2.16. The lowest BCUT2D eigenvalue weighted by molar-refractivity contribution is 0.587. The summed E-state index contributed by atoms with van der Waals surface area (Å²) >= 11 is 0. The number of hydrogen-bond donors (Lipinski definition) is 1. The van der Waals surface area contributed by atoms with Crippen molar-refractivity contribution in [2.24, 2.45) is 5.92 Å². The van der Waals surface area contributed by atoms with E-state index >= 15 is 0 Å². The molecular formula is C16H24N2O2S. The quantitative estimate of drug-likeness (QED) is 0.908. The van der Waals surface area contributed by atoms with Crippen molar-refractivity contribution in [3.63, 3.8) is 0 Å². The van der Waals surface area contributed by atoms with Crippen LogP contribution in [0.2, 0.25) is 0 Å². The molecule has 0 aromatic heterocycles. The molecule has 0 radical (unpaired) electrons. The van der Waals surface area contributed by atoms with Gasteiger partial charge >= 0.3 is 0 Å². The van der Waals surface area contributed by atoms with Crippen LogP contribution in [0.25, 0.3) is 0 Å². The third kappa shape index (κ3) is 4.13. The highest BCUT2D eigenvalue weighted by Crippen LogP contribution is 2.34. The topological polar surface area (TPSA) is 49.4 Å². The summed E-state index contributed by atoms with van der Waals surface area (Å²) in [6.45, 7) is 3.44. The normalized spacial score (nSPS) is 22.8. The Hall–Kier alpha value is -1.23. The molecule has 21 heavy (non-hydrogen) atoms. The van der Waals surface area contributed by atoms with Crippen molar-refractivity contribution in [3.05, 3.63) is 24.3 Å². The van der Waals surface area contributed by atoms with Crippen molar-refractivity contribution in [1.82, 2.24) is 0 Å². The van der Waals surface area contributed by atoms with Gasteiger partial charge in [0, 0.05) is 30.5 Å². The van der Waals surface area contributed by atoms with E-state index in [0.29, 0.717) is 19.1 Å². The Morgan fingerprint density at radius 2 is 2.00 bits per heavy atom. The monoisotopic (exact) mass is 308 g/mol. The zero-order valence-corrected chi connectivity index (χ0v) is 13.4. The molecule has 1 heterocycles. The number of anilines is 2. The molecule has 116 valence electrons. The van der Waals surface area contributed by atoms with Gasteiger partial charge in [-0.3, -0.25) is 0 Å². The second-order valence-corrected chi connectivity index (χ2v) is 8.72. The smallest absolute Gasteiger partial charge is 0.153 e. The van der Waals surface area contributed by atoms with Gasteiger partial charge in [0.15, 0.2) is 9.84 Å². The van der Waals surface area contributed by atoms with E-state index in [1.54, 1.807) is 0 Å². The van der Waals surface area contributed by atoms with Crippen LogP contribution in [-0.4, -0.2) is 39.1 Å². The van der Waals surface area contributed by atoms with Crippen molar-refractivity contribution >= 4 is 21.2 Å². The number of hydrogen-bond acceptors (Lipinski definition) is 4. The number of sulfone groups is 1. The summed E-state index contributed by atoms with van der Waals surface area (Å²) in [6, 6.07) is 8.84. The molecule has 1 saturated heterocycles. The Kier molecular flexibility index (Phi) is 4.11. The van der Waals surface area contributed by atoms with Gasteiger partial charge in [-0.05, 0) is 37.5 Å². The summed E-state index contributed by atoms with van der Waals surface area (Å²) < 4.78 is 23.0. The van der Waals surface area contributed by atoms with Crippen LogP contribution in [0, 0.1) is 5.92 Å². The SMILES string of the molecule is C[C@@H](CC1CC1)Nc1cccc(N2CCS(=O)(=O)CC2)c1. The molecule has 1 aromatic carbocycles. The van der Waals surface area contributed by atoms with Crippen LogP contribution in [0.5, 0.6) is 0 Å². The summed E-state index contributed by atoms with van der Waals surface area (Å²) in [5, 5.41) is 3.56. The van der Waals surface area contributed by atoms with E-state index < -0.39 is 9.84 Å². The van der Waals surface area contributed by atoms with Crippen LogP contribution >= 0.6 is 0 Å². The summed E-state index contributed by atoms with van der Waals surface area (Å²) in [5.74, 6) is 1.45. The molecule has 2 fully saturated rings. The first-order valence-corrected chi connectivity index (χ1v) is 9.66. The highest BCUT2D eigenvalue weighted by atomic mass is 32.2. The summed E-state index contributed by atoms with van der Waals surface area (Å²) in [6.07, 6.45) is 4.01. The fraction of sp³-hybridized carbons (Fsp3) is 0.625. The lowest BCUT2D eigenvalue weighted by Gasteiger charge is -2.29. The molecule has 1 atom stereocenters. The molecule has 1 aromatic rings. The summed E-state index contributed by atoms with van der Waals surface area (Å²) in [7, 11) is -2.82. The van der Waals surface area contributed by atoms with Crippen molar-refractivity contribution in [3.8, 4) is 0 Å². The molecule has 2 aliphatic rings. The largest absolute Gasteiger partial charge is 0.383 e. The first kappa shape index (κ1) is 14.7. The predicted molar refractivity (Wildman–Crippen MR) is 87.7 cm³/mol. The van der Waals surface area contributed by atoms with Crippen molar-refractivity contribution in [1.29, 1.82) is 0 Å². The van der Waals surface area contributed by atoms with Gasteiger partial charge in [0.25, 0.3) is 0 Å². The van der Waals surface area contributed by atoms with E-state index in [4.69, 9.17) is 0 Å². The number of nitrogens with one attached hydrogen (secondary N) is 1. The van der Waals surface area contributed by atoms with Crippen LogP contribution in [-0.2, 0) is 9.84 Å². The van der Waals surface area contributed by atoms with Crippen molar-refractivity contribution < 1.29 is 8.42 Å². The molecule has 3 rings (SSSR count). The van der Waals surface area contributed by atoms with E-state index in [9.17, 15) is 8.42 Å². The first-order chi connectivity index (χ1) is 10.0. The molecule has 0 unspecified atom stereocenters. The van der Waals surface area contributed by atoms with E-state index in [1.165, 1.54) is 19.3 Å². The minimum atomic E-state index is -2.82. The summed E-state index contributed by atoms with van der Waals surface area (Å²) in [5.41, 5.74) is 2.25. The first-order valence-electron chi connectivity index (χ1n) is 7.84. The molecule has 1 aliphatic carbocycles. The second kappa shape index (κ2) is 5.87. The molecular weight excluding hydrogens is 284 g/mol. The highest BCUT2D eigenvalue weighted by Gasteiger charge is 2.24. The molecule has 0 spiro atoms. The maximum atomic E-state index is 11.5. The third-order valence-electron chi connectivity index (χ3n) is 4.35. The van der Waals surface area contributed by atoms with Gasteiger partial charge in [0.2, 0.25) is 0 Å². The van der Waals surface area contributed by atoms with Crippen LogP contribution in [0.15, 0.2) is 24.3 Å². The van der Waals surface area contributed by atoms with Crippen LogP contribution in [0.3, 0.4) is 0 Å². The molecule has 1 aliphatic heterocycles. The predicted octanol–water partition coefficient (Wildman–Crippen LogP) is 2.52. The number of benzene rings is 1. The Balaban J connectivity index is 1.62. The van der Waals surface area contributed by atoms with Gasteiger partial charge < -0.3 is 10.2 Å². The standard InChI is InChI=1S/C16H24N2O2S/c1-13(11-14-5-6-14)17-15-3-2-4-16(12-15)18-7-9-21(19,20)10-8-18/h2-4,12-14,17H,5-11H2,1H3/t13-/m0/s1. The average Bonchev–Trinajstić information content (AvgIpc) is 3.22. The zero-order valence-electron chi connectivity index (χ0n) is 12.6. The number of nitrogens with zero attached hydrogens (tertiary/aromatic N) is 1. The van der Waals surface area contributed by atoms with Gasteiger partial charge in [-0.25, -0.2) is 8.42 Å². The van der Waals surface area contributed by atoms with Crippen molar-refractivity contribution in [2.45, 2.75) is 32.2 Å². The Morgan fingerprint density at radius 3 is 2.67 bits per heavy atom. The molecule has 5 heteroatoms. The Morgan fingerprint density at radius 1 is 1.29 bits per heavy atom. The van der Waals surface area contributed by atoms with Gasteiger partial charge in [0.1, 0.15) is 0 Å². The van der Waals surface area contributed by atoms with Gasteiger partial charge in [0.05, 0.1) is 11.5 Å². The van der Waals surface area contributed by atoms with Crippen LogP contribution in [0.1, 0.15) is 26.2 Å². The Bertz CT molecular complexity index is 582. The second-order valence-electron chi connectivity index (χ2n) is 6.41. The fourth-order valence-corrected chi connectivity index (χ4v) is 4.16. The van der Waals surface area contributed by atoms with Crippen LogP contribution in [0.4, 0.5) is 11.4 Å². The minimum Gasteiger partial charge on any atom is -0.383 e. The lowest BCUT2D eigenvalue weighted by Crippen LogP contribution is -2.40. The third-order valence-corrected chi connectivity index (χ3v) is 5.96. The molecule has 0 amide bonds. The van der Waals surface area contributed by atoms with Gasteiger partial charge in [-0.15, -0.1) is 0 Å². The fourth-order valence-electron chi connectivity index (χ4n) is 2.96. The van der Waals surface area contributed by atoms with E-state index in [2.05, 4.69) is 35.3 Å². The lowest BCUT2D eigenvalue weighted by atomic mass is 10.1. The van der Waals surface area contributed by atoms with Gasteiger partial charge in [-0.2, -0.15) is 0 Å². The number of rotatable bonds is 5. The maximum absolute atomic E-state index is 11.5. The maximum Gasteiger partial charge on any atom is 0.153 e. The molecule has 1 N–H and O–H groups in total. The zero-order chi connectivity index (χ0) is 14.9. The Labute approximate surface area is 127 Å². The van der Waals surface area contributed by atoms with E-state index in [0.717, 1.165) is 17.3 Å². The molecule has 1 saturated carbocycles. The average molecular weight is 308 g/mol. The van der Waals surface area contributed by atoms with Gasteiger partial charge in [-0.1, -0.05) is 18.9 Å². The minimum absolute atomic E-state index is 0.267.